The van der Waals surface area contributed by atoms with Gasteiger partial charge in [0.15, 0.2) is 17.3 Å². The lowest BCUT2D eigenvalue weighted by molar-refractivity contribution is -0.385. The fraction of sp³-hybridized carbons (Fsp3) is 0.118. The first-order valence-electron chi connectivity index (χ1n) is 7.23. The number of carbonyl (C=O) groups excluding carboxylic acids is 1. The number of halogens is 3. The van der Waals surface area contributed by atoms with Gasteiger partial charge in [-0.3, -0.25) is 14.9 Å². The van der Waals surface area contributed by atoms with Crippen molar-refractivity contribution in [2.45, 2.75) is 6.18 Å². The van der Waals surface area contributed by atoms with Crippen molar-refractivity contribution in [1.82, 2.24) is 0 Å². The van der Waals surface area contributed by atoms with Crippen molar-refractivity contribution in [2.24, 2.45) is 0 Å². The molecule has 0 aromatic heterocycles. The molecule has 0 spiro atoms. The molecule has 1 aliphatic rings. The standard InChI is InChI=1S/C17H10F3NO5/c18-17(19,20)11-3-4-12(13(8-11)21(23)24)14(22)5-1-10-2-6-15-16(7-10)26-9-25-15/h1-8H,9H2/b5-1+. The summed E-state index contributed by atoms with van der Waals surface area (Å²) in [5.74, 6) is 0.245. The summed E-state index contributed by atoms with van der Waals surface area (Å²) in [6.45, 7) is 0.0825. The molecule has 6 nitrogen and oxygen atoms in total. The number of rotatable bonds is 4. The van der Waals surface area contributed by atoms with Crippen LogP contribution < -0.4 is 9.47 Å². The fourth-order valence-corrected chi connectivity index (χ4v) is 2.35. The van der Waals surface area contributed by atoms with Gasteiger partial charge < -0.3 is 9.47 Å². The third kappa shape index (κ3) is 3.51. The van der Waals surface area contributed by atoms with Gasteiger partial charge in [-0.15, -0.1) is 0 Å². The smallest absolute Gasteiger partial charge is 0.416 e. The van der Waals surface area contributed by atoms with Gasteiger partial charge in [0.2, 0.25) is 6.79 Å². The van der Waals surface area contributed by atoms with Crippen LogP contribution in [0.15, 0.2) is 42.5 Å². The van der Waals surface area contributed by atoms with Crippen molar-refractivity contribution in [2.75, 3.05) is 6.79 Å². The van der Waals surface area contributed by atoms with Gasteiger partial charge >= 0.3 is 6.18 Å². The van der Waals surface area contributed by atoms with Crippen molar-refractivity contribution >= 4 is 17.5 Å². The summed E-state index contributed by atoms with van der Waals surface area (Å²) in [7, 11) is 0. The topological polar surface area (TPSA) is 78.7 Å². The minimum atomic E-state index is -4.74. The number of ether oxygens (including phenoxy) is 2. The number of ketones is 1. The largest absolute Gasteiger partial charge is 0.454 e. The summed E-state index contributed by atoms with van der Waals surface area (Å²) in [6.07, 6.45) is -2.31. The first-order valence-corrected chi connectivity index (χ1v) is 7.23. The van der Waals surface area contributed by atoms with E-state index in [1.165, 1.54) is 6.08 Å². The average Bonchev–Trinajstić information content (AvgIpc) is 3.06. The van der Waals surface area contributed by atoms with Crippen molar-refractivity contribution in [1.29, 1.82) is 0 Å². The van der Waals surface area contributed by atoms with E-state index in [0.29, 0.717) is 29.2 Å². The molecule has 0 amide bonds. The number of hydrogen-bond donors (Lipinski definition) is 0. The highest BCUT2D eigenvalue weighted by atomic mass is 19.4. The maximum atomic E-state index is 12.7. The van der Waals surface area contributed by atoms with Crippen molar-refractivity contribution in [3.8, 4) is 11.5 Å². The third-order valence-electron chi connectivity index (χ3n) is 3.61. The van der Waals surface area contributed by atoms with Gasteiger partial charge in [0.1, 0.15) is 0 Å². The minimum Gasteiger partial charge on any atom is -0.454 e. The van der Waals surface area contributed by atoms with E-state index in [2.05, 4.69) is 0 Å². The lowest BCUT2D eigenvalue weighted by atomic mass is 10.0. The van der Waals surface area contributed by atoms with Gasteiger partial charge in [0.25, 0.3) is 5.69 Å². The molecule has 3 rings (SSSR count). The molecule has 0 N–H and O–H groups in total. The first kappa shape index (κ1) is 17.5. The molecule has 0 atom stereocenters. The van der Waals surface area contributed by atoms with Crippen molar-refractivity contribution in [3.05, 3.63) is 69.3 Å². The molecule has 0 radical (unpaired) electrons. The number of benzene rings is 2. The van der Waals surface area contributed by atoms with Crippen LogP contribution in [0.1, 0.15) is 21.5 Å². The number of fused-ring (bicyclic) bond motifs is 1. The summed E-state index contributed by atoms with van der Waals surface area (Å²) >= 11 is 0. The van der Waals surface area contributed by atoms with Crippen LogP contribution in [0.3, 0.4) is 0 Å². The number of alkyl halides is 3. The Labute approximate surface area is 144 Å². The maximum absolute atomic E-state index is 12.7. The van der Waals surface area contributed by atoms with E-state index in [0.717, 1.165) is 12.1 Å². The molecule has 26 heavy (non-hydrogen) atoms. The molecule has 0 unspecified atom stereocenters. The number of carbonyl (C=O) groups is 1. The van der Waals surface area contributed by atoms with Crippen LogP contribution in [0.2, 0.25) is 0 Å². The maximum Gasteiger partial charge on any atom is 0.416 e. The molecular weight excluding hydrogens is 355 g/mol. The lowest BCUT2D eigenvalue weighted by Gasteiger charge is -2.07. The molecule has 1 heterocycles. The Morgan fingerprint density at radius 1 is 1.12 bits per heavy atom. The van der Waals surface area contributed by atoms with E-state index in [4.69, 9.17) is 9.47 Å². The van der Waals surface area contributed by atoms with E-state index in [1.54, 1.807) is 18.2 Å². The number of nitro benzene ring substituents is 1. The van der Waals surface area contributed by atoms with Gasteiger partial charge in [0.05, 0.1) is 16.1 Å². The van der Waals surface area contributed by atoms with Gasteiger partial charge in [-0.2, -0.15) is 13.2 Å². The van der Waals surface area contributed by atoms with Gasteiger partial charge in [0, 0.05) is 6.07 Å². The first-order chi connectivity index (χ1) is 12.3. The van der Waals surface area contributed by atoms with Crippen LogP contribution in [0.4, 0.5) is 18.9 Å². The fourth-order valence-electron chi connectivity index (χ4n) is 2.35. The molecule has 2 aromatic rings. The zero-order valence-electron chi connectivity index (χ0n) is 12.9. The Morgan fingerprint density at radius 2 is 1.85 bits per heavy atom. The van der Waals surface area contributed by atoms with E-state index in [9.17, 15) is 28.1 Å². The Kier molecular flexibility index (Phi) is 4.37. The molecule has 134 valence electrons. The summed E-state index contributed by atoms with van der Waals surface area (Å²) < 4.78 is 48.4. The van der Waals surface area contributed by atoms with Crippen LogP contribution in [0.5, 0.6) is 11.5 Å². The molecular formula is C17H10F3NO5. The van der Waals surface area contributed by atoms with E-state index in [1.807, 2.05) is 0 Å². The molecule has 1 aliphatic heterocycles. The van der Waals surface area contributed by atoms with Gasteiger partial charge in [-0.05, 0) is 35.9 Å². The second kappa shape index (κ2) is 6.51. The van der Waals surface area contributed by atoms with Gasteiger partial charge in [-0.25, -0.2) is 0 Å². The molecule has 2 aromatic carbocycles. The van der Waals surface area contributed by atoms with Crippen LogP contribution in [-0.2, 0) is 6.18 Å². The summed E-state index contributed by atoms with van der Waals surface area (Å²) in [4.78, 5) is 22.2. The second-order valence-electron chi connectivity index (χ2n) is 5.30. The SMILES string of the molecule is O=C(/C=C/c1ccc2c(c1)OCO2)c1ccc(C(F)(F)F)cc1[N+](=O)[O-]. The van der Waals surface area contributed by atoms with Crippen molar-refractivity contribution in [3.63, 3.8) is 0 Å². The Morgan fingerprint density at radius 3 is 2.54 bits per heavy atom. The zero-order valence-corrected chi connectivity index (χ0v) is 12.9. The predicted octanol–water partition coefficient (Wildman–Crippen LogP) is 4.24. The normalized spacial score (nSPS) is 13.2. The molecule has 0 aliphatic carbocycles. The van der Waals surface area contributed by atoms with Crippen molar-refractivity contribution < 1.29 is 32.4 Å². The van der Waals surface area contributed by atoms with E-state index in [-0.39, 0.29) is 6.79 Å². The summed E-state index contributed by atoms with van der Waals surface area (Å²) in [5.41, 5.74) is -1.96. The van der Waals surface area contributed by atoms with Crippen LogP contribution in [-0.4, -0.2) is 17.5 Å². The number of nitro groups is 1. The van der Waals surface area contributed by atoms with E-state index < -0.39 is 33.7 Å². The number of allylic oxidation sites excluding steroid dienone is 1. The molecule has 0 bridgehead atoms. The average molecular weight is 365 g/mol. The quantitative estimate of drug-likeness (QED) is 0.350. The highest BCUT2D eigenvalue weighted by molar-refractivity contribution is 6.09. The van der Waals surface area contributed by atoms with Crippen LogP contribution in [0.25, 0.3) is 6.08 Å². The van der Waals surface area contributed by atoms with E-state index >= 15 is 0 Å². The predicted molar refractivity (Wildman–Crippen MR) is 84.0 cm³/mol. The third-order valence-corrected chi connectivity index (χ3v) is 3.61. The monoisotopic (exact) mass is 365 g/mol. The summed E-state index contributed by atoms with van der Waals surface area (Å²) in [6, 6.07) is 6.66. The highest BCUT2D eigenvalue weighted by Gasteiger charge is 2.33. The number of nitrogens with zero attached hydrogens (tertiary/aromatic N) is 1. The Bertz CT molecular complexity index is 921. The molecule has 0 saturated carbocycles. The minimum absolute atomic E-state index is 0.0825. The lowest BCUT2D eigenvalue weighted by Crippen LogP contribution is -2.08. The van der Waals surface area contributed by atoms with Gasteiger partial charge in [-0.1, -0.05) is 12.1 Å². The molecule has 0 fully saturated rings. The molecule has 0 saturated heterocycles. The Hall–Kier alpha value is -3.36. The van der Waals surface area contributed by atoms with Crippen LogP contribution >= 0.6 is 0 Å². The number of hydrogen-bond acceptors (Lipinski definition) is 5. The summed E-state index contributed by atoms with van der Waals surface area (Å²) in [5, 5.41) is 11.0. The molecule has 9 heteroatoms. The van der Waals surface area contributed by atoms with Crippen LogP contribution in [0, 0.1) is 10.1 Å². The highest BCUT2D eigenvalue weighted by Crippen LogP contribution is 2.34. The zero-order chi connectivity index (χ0) is 18.9. The Balaban J connectivity index is 1.88. The second-order valence-corrected chi connectivity index (χ2v) is 5.30.